The zero-order chi connectivity index (χ0) is 18.9. The van der Waals surface area contributed by atoms with Gasteiger partial charge in [0.25, 0.3) is 5.91 Å². The number of rotatable bonds is 5. The summed E-state index contributed by atoms with van der Waals surface area (Å²) >= 11 is 0. The standard InChI is InChI=1S/C19H27N3O3/c1-11(2)13-8-7-9-14(12(3)4)16(13)20-15(23)10-22-17(24)19(5,6)21-18(22)25/h7-9,11-12H,10H2,1-6H3,(H,20,23)(H,21,25). The quantitative estimate of drug-likeness (QED) is 0.804. The molecule has 0 saturated carbocycles. The van der Waals surface area contributed by atoms with Crippen molar-refractivity contribution in [3.05, 3.63) is 29.3 Å². The molecule has 4 amide bonds. The van der Waals surface area contributed by atoms with Crippen LogP contribution in [0, 0.1) is 0 Å². The first kappa shape index (κ1) is 19.0. The average molecular weight is 345 g/mol. The van der Waals surface area contributed by atoms with E-state index in [4.69, 9.17) is 0 Å². The molecule has 1 aromatic rings. The van der Waals surface area contributed by atoms with Gasteiger partial charge in [-0.15, -0.1) is 0 Å². The predicted molar refractivity (Wildman–Crippen MR) is 97.6 cm³/mol. The Labute approximate surface area is 149 Å². The number of urea groups is 1. The fourth-order valence-corrected chi connectivity index (χ4v) is 2.98. The lowest BCUT2D eigenvalue weighted by atomic mass is 9.92. The Morgan fingerprint density at radius 2 is 1.64 bits per heavy atom. The smallest absolute Gasteiger partial charge is 0.324 e. The lowest BCUT2D eigenvalue weighted by molar-refractivity contribution is -0.132. The van der Waals surface area contributed by atoms with E-state index in [0.717, 1.165) is 21.7 Å². The fourth-order valence-electron chi connectivity index (χ4n) is 2.98. The van der Waals surface area contributed by atoms with Crippen LogP contribution in [-0.2, 0) is 9.59 Å². The van der Waals surface area contributed by atoms with Crippen molar-refractivity contribution in [1.82, 2.24) is 10.2 Å². The van der Waals surface area contributed by atoms with Gasteiger partial charge in [-0.2, -0.15) is 0 Å². The van der Waals surface area contributed by atoms with E-state index in [9.17, 15) is 14.4 Å². The molecule has 1 saturated heterocycles. The van der Waals surface area contributed by atoms with Crippen LogP contribution in [0.2, 0.25) is 0 Å². The van der Waals surface area contributed by atoms with Crippen LogP contribution in [-0.4, -0.2) is 34.8 Å². The third-order valence-corrected chi connectivity index (χ3v) is 4.38. The van der Waals surface area contributed by atoms with Gasteiger partial charge in [0.1, 0.15) is 12.1 Å². The second-order valence-electron chi connectivity index (χ2n) is 7.62. The molecule has 1 fully saturated rings. The average Bonchev–Trinajstić information content (AvgIpc) is 2.68. The number of anilines is 1. The molecule has 2 N–H and O–H groups in total. The first-order valence-corrected chi connectivity index (χ1v) is 8.61. The molecule has 1 aliphatic rings. The summed E-state index contributed by atoms with van der Waals surface area (Å²) in [6, 6.07) is 5.43. The molecule has 0 unspecified atom stereocenters. The third-order valence-electron chi connectivity index (χ3n) is 4.38. The topological polar surface area (TPSA) is 78.5 Å². The number of hydrogen-bond donors (Lipinski definition) is 2. The molecule has 0 radical (unpaired) electrons. The van der Waals surface area contributed by atoms with Crippen LogP contribution in [0.25, 0.3) is 0 Å². The van der Waals surface area contributed by atoms with Gasteiger partial charge < -0.3 is 10.6 Å². The Morgan fingerprint density at radius 1 is 1.12 bits per heavy atom. The van der Waals surface area contributed by atoms with Crippen molar-refractivity contribution in [2.24, 2.45) is 0 Å². The summed E-state index contributed by atoms with van der Waals surface area (Å²) in [6.45, 7) is 11.2. The zero-order valence-corrected chi connectivity index (χ0v) is 15.8. The molecule has 1 aromatic carbocycles. The molecular weight excluding hydrogens is 318 g/mol. The number of benzene rings is 1. The number of imide groups is 1. The number of carbonyl (C=O) groups is 3. The molecule has 2 rings (SSSR count). The fraction of sp³-hybridized carbons (Fsp3) is 0.526. The number of para-hydroxylation sites is 1. The zero-order valence-electron chi connectivity index (χ0n) is 15.8. The molecule has 0 aliphatic carbocycles. The minimum Gasteiger partial charge on any atom is -0.324 e. The van der Waals surface area contributed by atoms with Gasteiger partial charge >= 0.3 is 6.03 Å². The number of nitrogens with zero attached hydrogens (tertiary/aromatic N) is 1. The van der Waals surface area contributed by atoms with Crippen LogP contribution in [0.1, 0.15) is 64.5 Å². The van der Waals surface area contributed by atoms with Crippen LogP contribution in [0.3, 0.4) is 0 Å². The summed E-state index contributed by atoms with van der Waals surface area (Å²) in [4.78, 5) is 37.7. The van der Waals surface area contributed by atoms with Gasteiger partial charge in [0.15, 0.2) is 0 Å². The van der Waals surface area contributed by atoms with E-state index in [2.05, 4.69) is 38.3 Å². The summed E-state index contributed by atoms with van der Waals surface area (Å²) in [7, 11) is 0. The SMILES string of the molecule is CC(C)c1cccc(C(C)C)c1NC(=O)CN1C(=O)NC(C)(C)C1=O. The van der Waals surface area contributed by atoms with E-state index >= 15 is 0 Å². The Morgan fingerprint density at radius 3 is 2.04 bits per heavy atom. The Balaban J connectivity index is 2.24. The number of hydrogen-bond acceptors (Lipinski definition) is 3. The summed E-state index contributed by atoms with van der Waals surface area (Å²) < 4.78 is 0. The van der Waals surface area contributed by atoms with Crippen molar-refractivity contribution in [2.75, 3.05) is 11.9 Å². The second-order valence-corrected chi connectivity index (χ2v) is 7.62. The van der Waals surface area contributed by atoms with E-state index in [0.29, 0.717) is 0 Å². The lowest BCUT2D eigenvalue weighted by Crippen LogP contribution is -2.41. The van der Waals surface area contributed by atoms with Gasteiger partial charge in [-0.05, 0) is 36.8 Å². The molecule has 1 aliphatic heterocycles. The highest BCUT2D eigenvalue weighted by Gasteiger charge is 2.44. The third kappa shape index (κ3) is 3.83. The van der Waals surface area contributed by atoms with Crippen LogP contribution >= 0.6 is 0 Å². The molecule has 136 valence electrons. The van der Waals surface area contributed by atoms with Crippen molar-refractivity contribution < 1.29 is 14.4 Å². The normalized spacial score (nSPS) is 16.6. The molecular formula is C19H27N3O3. The molecule has 0 atom stereocenters. The molecule has 0 aromatic heterocycles. The van der Waals surface area contributed by atoms with E-state index in [1.165, 1.54) is 0 Å². The summed E-state index contributed by atoms with van der Waals surface area (Å²) in [5, 5.41) is 5.50. The van der Waals surface area contributed by atoms with E-state index in [1.54, 1.807) is 13.8 Å². The maximum atomic E-state index is 12.5. The van der Waals surface area contributed by atoms with Crippen LogP contribution < -0.4 is 10.6 Å². The van der Waals surface area contributed by atoms with Crippen LogP contribution in [0.15, 0.2) is 18.2 Å². The van der Waals surface area contributed by atoms with Crippen molar-refractivity contribution in [2.45, 2.75) is 58.9 Å². The number of carbonyl (C=O) groups excluding carboxylic acids is 3. The first-order chi connectivity index (χ1) is 11.5. The van der Waals surface area contributed by atoms with Gasteiger partial charge in [0.2, 0.25) is 5.91 Å². The minimum atomic E-state index is -0.976. The van der Waals surface area contributed by atoms with Gasteiger partial charge in [0, 0.05) is 5.69 Å². The monoisotopic (exact) mass is 345 g/mol. The highest BCUT2D eigenvalue weighted by Crippen LogP contribution is 2.32. The molecule has 6 nitrogen and oxygen atoms in total. The van der Waals surface area contributed by atoms with Gasteiger partial charge in [-0.3, -0.25) is 14.5 Å². The van der Waals surface area contributed by atoms with E-state index in [1.807, 2.05) is 18.2 Å². The summed E-state index contributed by atoms with van der Waals surface area (Å²) in [5.41, 5.74) is 1.88. The van der Waals surface area contributed by atoms with Crippen molar-refractivity contribution in [1.29, 1.82) is 0 Å². The predicted octanol–water partition coefficient (Wildman–Crippen LogP) is 3.20. The highest BCUT2D eigenvalue weighted by atomic mass is 16.2. The van der Waals surface area contributed by atoms with Crippen LogP contribution in [0.4, 0.5) is 10.5 Å². The van der Waals surface area contributed by atoms with E-state index in [-0.39, 0.29) is 24.3 Å². The summed E-state index contributed by atoms with van der Waals surface area (Å²) in [5.74, 6) is -0.292. The molecule has 1 heterocycles. The Bertz CT molecular complexity index is 682. The van der Waals surface area contributed by atoms with Crippen molar-refractivity contribution in [3.8, 4) is 0 Å². The maximum Gasteiger partial charge on any atom is 0.325 e. The lowest BCUT2D eigenvalue weighted by Gasteiger charge is -2.21. The highest BCUT2D eigenvalue weighted by molar-refractivity contribution is 6.09. The van der Waals surface area contributed by atoms with Gasteiger partial charge in [-0.1, -0.05) is 45.9 Å². The maximum absolute atomic E-state index is 12.5. The van der Waals surface area contributed by atoms with Crippen molar-refractivity contribution >= 4 is 23.5 Å². The summed E-state index contributed by atoms with van der Waals surface area (Å²) in [6.07, 6.45) is 0. The Hall–Kier alpha value is -2.37. The molecule has 0 bridgehead atoms. The Kier molecular flexibility index (Phi) is 5.20. The minimum absolute atomic E-state index is 0.240. The van der Waals surface area contributed by atoms with Crippen LogP contribution in [0.5, 0.6) is 0 Å². The largest absolute Gasteiger partial charge is 0.325 e. The number of nitrogens with one attached hydrogen (secondary N) is 2. The molecule has 0 spiro atoms. The molecule has 6 heteroatoms. The van der Waals surface area contributed by atoms with Crippen molar-refractivity contribution in [3.63, 3.8) is 0 Å². The van der Waals surface area contributed by atoms with Gasteiger partial charge in [0.05, 0.1) is 0 Å². The molecule has 25 heavy (non-hydrogen) atoms. The first-order valence-electron chi connectivity index (χ1n) is 8.61. The number of amides is 4. The van der Waals surface area contributed by atoms with Gasteiger partial charge in [-0.25, -0.2) is 4.79 Å². The second kappa shape index (κ2) is 6.86. The van der Waals surface area contributed by atoms with E-state index < -0.39 is 17.5 Å².